The number of hydrogen-bond acceptors (Lipinski definition) is 6. The zero-order valence-corrected chi connectivity index (χ0v) is 14.5. The van der Waals surface area contributed by atoms with Crippen molar-refractivity contribution >= 4 is 23.2 Å². The molecule has 136 valence electrons. The van der Waals surface area contributed by atoms with Crippen LogP contribution in [0.15, 0.2) is 53.1 Å². The predicted octanol–water partition coefficient (Wildman–Crippen LogP) is 2.62. The second-order valence-corrected chi connectivity index (χ2v) is 6.01. The lowest BCUT2D eigenvalue weighted by molar-refractivity contribution is -0.121. The van der Waals surface area contributed by atoms with E-state index in [-0.39, 0.29) is 25.0 Å². The summed E-state index contributed by atoms with van der Waals surface area (Å²) in [6.07, 6.45) is 0. The quantitative estimate of drug-likeness (QED) is 0.764. The third-order valence-corrected chi connectivity index (χ3v) is 4.03. The number of anilines is 2. The largest absolute Gasteiger partial charge is 0.482 e. The highest BCUT2D eigenvalue weighted by Crippen LogP contribution is 2.32. The number of para-hydroxylation sites is 2. The van der Waals surface area contributed by atoms with Crippen molar-refractivity contribution in [2.75, 3.05) is 16.8 Å². The molecule has 8 nitrogen and oxygen atoms in total. The van der Waals surface area contributed by atoms with Crippen molar-refractivity contribution in [3.8, 4) is 17.2 Å². The molecule has 0 bridgehead atoms. The second kappa shape index (κ2) is 6.91. The number of rotatable bonds is 4. The van der Waals surface area contributed by atoms with E-state index in [1.54, 1.807) is 29.2 Å². The highest BCUT2D eigenvalue weighted by atomic mass is 16.5. The van der Waals surface area contributed by atoms with Crippen molar-refractivity contribution in [2.45, 2.75) is 13.5 Å². The predicted molar refractivity (Wildman–Crippen MR) is 97.2 cm³/mol. The van der Waals surface area contributed by atoms with Crippen molar-refractivity contribution in [3.05, 3.63) is 54.4 Å². The van der Waals surface area contributed by atoms with E-state index >= 15 is 0 Å². The fourth-order valence-corrected chi connectivity index (χ4v) is 2.80. The van der Waals surface area contributed by atoms with Gasteiger partial charge >= 0.3 is 0 Å². The highest BCUT2D eigenvalue weighted by molar-refractivity contribution is 5.97. The number of nitrogens with one attached hydrogen (secondary N) is 1. The fraction of sp³-hybridized carbons (Fsp3) is 0.158. The molecule has 0 saturated heterocycles. The molecule has 1 N–H and O–H groups in total. The molecule has 27 heavy (non-hydrogen) atoms. The summed E-state index contributed by atoms with van der Waals surface area (Å²) in [5.74, 6) is 1.07. The summed E-state index contributed by atoms with van der Waals surface area (Å²) >= 11 is 0. The molecule has 0 atom stereocenters. The van der Waals surface area contributed by atoms with Gasteiger partial charge in [0.15, 0.2) is 12.4 Å². The number of nitrogens with zero attached hydrogens (tertiary/aromatic N) is 3. The molecular formula is C19H16N4O4. The van der Waals surface area contributed by atoms with Crippen LogP contribution < -0.4 is 15.0 Å². The van der Waals surface area contributed by atoms with Crippen molar-refractivity contribution < 1.29 is 18.8 Å². The van der Waals surface area contributed by atoms with Crippen molar-refractivity contribution in [1.29, 1.82) is 0 Å². The Morgan fingerprint density at radius 1 is 1.19 bits per heavy atom. The van der Waals surface area contributed by atoms with E-state index in [4.69, 9.17) is 9.26 Å². The van der Waals surface area contributed by atoms with Gasteiger partial charge in [-0.25, -0.2) is 0 Å². The summed E-state index contributed by atoms with van der Waals surface area (Å²) in [6, 6.07) is 14.4. The number of ether oxygens (including phenoxy) is 1. The first kappa shape index (κ1) is 16.8. The molecule has 2 heterocycles. The van der Waals surface area contributed by atoms with Crippen molar-refractivity contribution in [3.63, 3.8) is 0 Å². The van der Waals surface area contributed by atoms with Crippen LogP contribution >= 0.6 is 0 Å². The monoisotopic (exact) mass is 364 g/mol. The molecule has 0 fully saturated rings. The van der Waals surface area contributed by atoms with Gasteiger partial charge in [-0.05, 0) is 36.4 Å². The molecule has 1 aromatic heterocycles. The maximum absolute atomic E-state index is 12.2. The number of hydrogen-bond donors (Lipinski definition) is 1. The molecule has 8 heteroatoms. The fourth-order valence-electron chi connectivity index (χ4n) is 2.80. The van der Waals surface area contributed by atoms with E-state index in [0.29, 0.717) is 28.8 Å². The number of aromatic nitrogens is 2. The van der Waals surface area contributed by atoms with Crippen LogP contribution in [-0.2, 0) is 16.1 Å². The molecule has 0 aliphatic carbocycles. The van der Waals surface area contributed by atoms with Gasteiger partial charge in [-0.1, -0.05) is 17.3 Å². The first-order valence-electron chi connectivity index (χ1n) is 8.33. The number of carbonyl (C=O) groups excluding carboxylic acids is 2. The molecule has 0 unspecified atom stereocenters. The first-order valence-corrected chi connectivity index (χ1v) is 8.33. The first-order chi connectivity index (χ1) is 13.1. The van der Waals surface area contributed by atoms with Crippen LogP contribution in [-0.4, -0.2) is 28.6 Å². The van der Waals surface area contributed by atoms with Crippen LogP contribution in [0.1, 0.15) is 12.7 Å². The van der Waals surface area contributed by atoms with Gasteiger partial charge in [0.05, 0.1) is 12.2 Å². The summed E-state index contributed by atoms with van der Waals surface area (Å²) in [4.78, 5) is 29.3. The zero-order valence-electron chi connectivity index (χ0n) is 14.5. The SMILES string of the molecule is CC(=O)Nc1ccc(-c2nc(CN3C(=O)COc4ccccc43)no2)cc1. The normalized spacial score (nSPS) is 13.1. The maximum atomic E-state index is 12.2. The Hall–Kier alpha value is -3.68. The summed E-state index contributed by atoms with van der Waals surface area (Å²) in [7, 11) is 0. The number of benzene rings is 2. The van der Waals surface area contributed by atoms with E-state index in [1.807, 2.05) is 24.3 Å². The molecule has 0 saturated carbocycles. The molecule has 0 radical (unpaired) electrons. The Morgan fingerprint density at radius 3 is 2.74 bits per heavy atom. The van der Waals surface area contributed by atoms with Crippen LogP contribution in [0.25, 0.3) is 11.5 Å². The number of amides is 2. The molecular weight excluding hydrogens is 348 g/mol. The van der Waals surface area contributed by atoms with Gasteiger partial charge in [0.1, 0.15) is 5.75 Å². The van der Waals surface area contributed by atoms with Crippen molar-refractivity contribution in [2.24, 2.45) is 0 Å². The number of fused-ring (bicyclic) bond motifs is 1. The molecule has 0 spiro atoms. The smallest absolute Gasteiger partial charge is 0.265 e. The van der Waals surface area contributed by atoms with Gasteiger partial charge in [-0.15, -0.1) is 0 Å². The Kier molecular flexibility index (Phi) is 4.29. The van der Waals surface area contributed by atoms with Gasteiger partial charge in [-0.2, -0.15) is 4.98 Å². The summed E-state index contributed by atoms with van der Waals surface area (Å²) in [5, 5.41) is 6.67. The molecule has 1 aliphatic rings. The summed E-state index contributed by atoms with van der Waals surface area (Å²) in [5.41, 5.74) is 2.08. The van der Waals surface area contributed by atoms with Crippen LogP contribution in [0.4, 0.5) is 11.4 Å². The van der Waals surface area contributed by atoms with Gasteiger partial charge in [0, 0.05) is 18.2 Å². The van der Waals surface area contributed by atoms with Gasteiger partial charge in [-0.3, -0.25) is 14.5 Å². The summed E-state index contributed by atoms with van der Waals surface area (Å²) < 4.78 is 10.8. The Bertz CT molecular complexity index is 997. The maximum Gasteiger partial charge on any atom is 0.265 e. The second-order valence-electron chi connectivity index (χ2n) is 6.01. The highest BCUT2D eigenvalue weighted by Gasteiger charge is 2.26. The van der Waals surface area contributed by atoms with Crippen molar-refractivity contribution in [1.82, 2.24) is 10.1 Å². The van der Waals surface area contributed by atoms with Crippen LogP contribution in [0.3, 0.4) is 0 Å². The molecule has 2 amide bonds. The van der Waals surface area contributed by atoms with E-state index in [0.717, 1.165) is 5.56 Å². The molecule has 3 aromatic rings. The standard InChI is InChI=1S/C19H16N4O4/c1-12(24)20-14-8-6-13(7-9-14)19-21-17(22-27-19)10-23-15-4-2-3-5-16(15)26-11-18(23)25/h2-9H,10-11H2,1H3,(H,20,24). The van der Waals surface area contributed by atoms with Gasteiger partial charge in [0.2, 0.25) is 5.91 Å². The Balaban J connectivity index is 1.53. The van der Waals surface area contributed by atoms with E-state index < -0.39 is 0 Å². The Morgan fingerprint density at radius 2 is 1.96 bits per heavy atom. The van der Waals surface area contributed by atoms with Gasteiger partial charge in [0.25, 0.3) is 11.8 Å². The van der Waals surface area contributed by atoms with E-state index in [9.17, 15) is 9.59 Å². The minimum Gasteiger partial charge on any atom is -0.482 e. The average Bonchev–Trinajstić information content (AvgIpc) is 3.13. The Labute approximate surface area is 154 Å². The zero-order chi connectivity index (χ0) is 18.8. The van der Waals surface area contributed by atoms with Gasteiger partial charge < -0.3 is 14.6 Å². The average molecular weight is 364 g/mol. The topological polar surface area (TPSA) is 97.6 Å². The van der Waals surface area contributed by atoms with E-state index in [2.05, 4.69) is 15.5 Å². The number of carbonyl (C=O) groups is 2. The molecule has 1 aliphatic heterocycles. The lowest BCUT2D eigenvalue weighted by atomic mass is 10.2. The third-order valence-electron chi connectivity index (χ3n) is 4.03. The third kappa shape index (κ3) is 3.50. The molecule has 4 rings (SSSR count). The minimum atomic E-state index is -0.167. The lowest BCUT2D eigenvalue weighted by Gasteiger charge is -2.28. The summed E-state index contributed by atoms with van der Waals surface area (Å²) in [6.45, 7) is 1.61. The van der Waals surface area contributed by atoms with Crippen LogP contribution in [0, 0.1) is 0 Å². The lowest BCUT2D eigenvalue weighted by Crippen LogP contribution is -2.38. The van der Waals surface area contributed by atoms with E-state index in [1.165, 1.54) is 6.92 Å². The van der Waals surface area contributed by atoms with Crippen LogP contribution in [0.5, 0.6) is 5.75 Å². The minimum absolute atomic E-state index is 0.0215. The molecule has 2 aromatic carbocycles. The van der Waals surface area contributed by atoms with Crippen LogP contribution in [0.2, 0.25) is 0 Å².